The minimum Gasteiger partial charge on any atom is -0.518 e. The molecule has 0 aromatic heterocycles. The first-order chi connectivity index (χ1) is 4.37. The molecule has 0 aliphatic carbocycles. The molecule has 0 spiro atoms. The number of hydrogen-bond acceptors (Lipinski definition) is 1. The fourth-order valence-electron chi connectivity index (χ4n) is 0.196. The molecule has 0 aromatic carbocycles. The zero-order valence-electron chi connectivity index (χ0n) is 5.42. The summed E-state index contributed by atoms with van der Waals surface area (Å²) in [6.45, 7) is -2.29. The van der Waals surface area contributed by atoms with Crippen LogP contribution in [0.3, 0.4) is 0 Å². The number of hydrogen-bond donors (Lipinski definition) is 0. The van der Waals surface area contributed by atoms with Crippen molar-refractivity contribution in [2.75, 3.05) is 6.67 Å². The van der Waals surface area contributed by atoms with Crippen molar-refractivity contribution in [3.8, 4) is 0 Å². The largest absolute Gasteiger partial charge is 0.518 e. The molecule has 0 aromatic rings. The Labute approximate surface area is 53.8 Å². The molecule has 7 heteroatoms. The van der Waals surface area contributed by atoms with Crippen LogP contribution in [0.4, 0.5) is 22.0 Å². The second-order valence-electron chi connectivity index (χ2n) is 1.50. The maximum atomic E-state index is 12.0. The van der Waals surface area contributed by atoms with Gasteiger partial charge in [0.2, 0.25) is 0 Å². The van der Waals surface area contributed by atoms with Crippen LogP contribution >= 0.6 is 0 Å². The first-order valence-electron chi connectivity index (χ1n) is 2.12. The Morgan fingerprint density at radius 2 is 1.55 bits per heavy atom. The number of ether oxygens (including phenoxy) is 1. The average molecular weight is 430 g/mol. The third kappa shape index (κ3) is 2.03. The van der Waals surface area contributed by atoms with Crippen LogP contribution in [0.15, 0.2) is 0 Å². The van der Waals surface area contributed by atoms with Gasteiger partial charge in [-0.05, 0) is 0 Å². The maximum Gasteiger partial charge on any atom is 0.448 e. The van der Waals surface area contributed by atoms with E-state index in [0.717, 1.165) is 0 Å². The molecule has 1 atom stereocenters. The molecule has 64 valence electrons. The second-order valence-corrected chi connectivity index (χ2v) is 1.50. The molecule has 0 rings (SSSR count). The van der Waals surface area contributed by atoms with Crippen molar-refractivity contribution < 1.29 is 26.7 Å². The minimum absolute atomic E-state index is 0. The predicted molar refractivity (Wildman–Crippen MR) is 22.3 cm³/mol. The van der Waals surface area contributed by atoms with Gasteiger partial charge in [0.15, 0.2) is 6.67 Å². The summed E-state index contributed by atoms with van der Waals surface area (Å²) in [4.78, 5) is 0. The Hall–Kier alpha value is -1.39. The molecule has 0 radical (unpaired) electrons. The van der Waals surface area contributed by atoms with Gasteiger partial charge in [0.1, 0.15) is 0 Å². The van der Waals surface area contributed by atoms with Gasteiger partial charge in [0, 0.05) is 0 Å². The molecule has 0 fully saturated rings. The zero-order chi connectivity index (χ0) is 8.41. The van der Waals surface area contributed by atoms with Gasteiger partial charge in [-0.1, -0.05) is 0 Å². The Bertz CT molecular complexity index is 110. The topological polar surface area (TPSA) is 9.23 Å². The summed E-state index contributed by atoms with van der Waals surface area (Å²) in [7, 11) is 2.16. The van der Waals surface area contributed by atoms with Gasteiger partial charge >= 0.3 is 12.0 Å². The van der Waals surface area contributed by atoms with E-state index in [0.29, 0.717) is 0 Å². The van der Waals surface area contributed by atoms with E-state index >= 15 is 0 Å². The molecule has 0 saturated carbocycles. The Morgan fingerprint density at radius 3 is 1.55 bits per heavy atom. The quantitative estimate of drug-likeness (QED) is 0.482. The van der Waals surface area contributed by atoms with E-state index in [1.54, 1.807) is 0 Å². The van der Waals surface area contributed by atoms with E-state index < -0.39 is 18.7 Å². The van der Waals surface area contributed by atoms with Crippen LogP contribution in [0.1, 0.15) is 0 Å². The van der Waals surface area contributed by atoms with Crippen molar-refractivity contribution in [2.45, 2.75) is 12.0 Å². The number of rotatable bonds is 2. The standard InChI is InChI=1S/C4H4F5O.Rf/c1-10-3(6,2-5)4(7,8)9;/h1-2H2;/q-1;. The molecule has 1 unspecified atom stereocenters. The van der Waals surface area contributed by atoms with Crippen molar-refractivity contribution in [3.05, 3.63) is 7.11 Å². The molecule has 11 heavy (non-hydrogen) atoms. The summed E-state index contributed by atoms with van der Waals surface area (Å²) in [5.74, 6) is -4.26. The summed E-state index contributed by atoms with van der Waals surface area (Å²) >= 11 is 0. The van der Waals surface area contributed by atoms with Gasteiger partial charge < -0.3 is 4.74 Å². The van der Waals surface area contributed by atoms with E-state index in [1.165, 1.54) is 0 Å². The normalized spacial score (nSPS) is 16.9. The van der Waals surface area contributed by atoms with Gasteiger partial charge in [0.05, 0.1) is 0 Å². The van der Waals surface area contributed by atoms with Gasteiger partial charge in [-0.25, -0.2) is 15.9 Å². The van der Waals surface area contributed by atoms with Crippen LogP contribution in [-0.2, 0) is 4.74 Å². The molecule has 0 amide bonds. The fraction of sp³-hybridized carbons (Fsp3) is 0.750. The van der Waals surface area contributed by atoms with Crippen LogP contribution in [-0.4, -0.2) is 18.7 Å². The van der Waals surface area contributed by atoms with Crippen LogP contribution < -0.4 is 0 Å². The summed E-state index contributed by atoms with van der Waals surface area (Å²) < 4.78 is 60.3. The summed E-state index contributed by atoms with van der Waals surface area (Å²) in [6, 6.07) is 0. The molecular weight excluding hydrogens is 426 g/mol. The molecule has 0 N–H and O–H groups in total. The Balaban J connectivity index is 0. The van der Waals surface area contributed by atoms with Crippen LogP contribution in [0.25, 0.3) is 0 Å². The molecule has 0 heterocycles. The van der Waals surface area contributed by atoms with Crippen molar-refractivity contribution in [3.63, 3.8) is 0 Å². The molecule has 0 bridgehead atoms. The van der Waals surface area contributed by atoms with Gasteiger partial charge in [-0.2, -0.15) is 13.2 Å². The smallest absolute Gasteiger partial charge is 0.448 e. The SMILES string of the molecule is [CH2-]OC(F)(CF)C(F)(F)F.[Rf]. The zero-order valence-corrected chi connectivity index (χ0v) is 11.8. The molecule has 0 aliphatic rings. The van der Waals surface area contributed by atoms with Crippen molar-refractivity contribution >= 4 is 0 Å². The van der Waals surface area contributed by atoms with Gasteiger partial charge in [0.25, 0.3) is 0 Å². The Morgan fingerprint density at radius 1 is 1.18 bits per heavy atom. The van der Waals surface area contributed by atoms with Gasteiger partial charge in [-0.3, -0.25) is 0 Å². The van der Waals surface area contributed by atoms with Crippen LogP contribution in [0.2, 0.25) is 0 Å². The maximum absolute atomic E-state index is 12.0. The van der Waals surface area contributed by atoms with Crippen LogP contribution in [0.5, 0.6) is 0 Å². The molecular formula is C4H4F5ORf-. The summed E-state index contributed by atoms with van der Waals surface area (Å²) in [6.07, 6.45) is -5.37. The third-order valence-electron chi connectivity index (χ3n) is 0.824. The number of alkyl halides is 5. The predicted octanol–water partition coefficient (Wildman–Crippen LogP) is 1.99. The van der Waals surface area contributed by atoms with E-state index in [4.69, 9.17) is 0 Å². The molecule has 1 nitrogen and oxygen atoms in total. The van der Waals surface area contributed by atoms with E-state index in [1.807, 2.05) is 0 Å². The first kappa shape index (κ1) is 12.3. The number of halogens is 5. The summed E-state index contributed by atoms with van der Waals surface area (Å²) in [5.41, 5.74) is 0. The van der Waals surface area contributed by atoms with E-state index in [2.05, 4.69) is 11.8 Å². The fourth-order valence-corrected chi connectivity index (χ4v) is 0.196. The minimum atomic E-state index is -5.37. The molecule has 0 aliphatic heterocycles. The Kier molecular flexibility index (Phi) is 3.51. The second kappa shape index (κ2) is 3.14. The van der Waals surface area contributed by atoms with Crippen molar-refractivity contribution in [2.24, 2.45) is 0 Å². The third-order valence-corrected chi connectivity index (χ3v) is 0.824. The van der Waals surface area contributed by atoms with Crippen molar-refractivity contribution in [1.82, 2.24) is 0 Å². The molecule has 0 saturated heterocycles. The van der Waals surface area contributed by atoms with E-state index in [9.17, 15) is 22.0 Å². The monoisotopic (exact) mass is 430 g/mol. The first-order valence-corrected chi connectivity index (χ1v) is 2.12. The summed E-state index contributed by atoms with van der Waals surface area (Å²) in [5, 5.41) is 0. The van der Waals surface area contributed by atoms with E-state index in [-0.39, 0.29) is 0 Å². The van der Waals surface area contributed by atoms with Crippen LogP contribution in [0, 0.1) is 7.11 Å². The van der Waals surface area contributed by atoms with Gasteiger partial charge in [-0.15, -0.1) is 0 Å². The van der Waals surface area contributed by atoms with Crippen molar-refractivity contribution in [1.29, 1.82) is 0 Å². The average Bonchev–Trinajstić information content (AvgIpc) is 1.84.